The summed E-state index contributed by atoms with van der Waals surface area (Å²) in [5, 5.41) is 14.5. The Kier molecular flexibility index (Phi) is 5.87. The van der Waals surface area contributed by atoms with E-state index in [1.165, 1.54) is 12.1 Å². The minimum absolute atomic E-state index is 0.122. The van der Waals surface area contributed by atoms with Crippen molar-refractivity contribution in [3.05, 3.63) is 29.6 Å². The molecule has 0 spiro atoms. The van der Waals surface area contributed by atoms with E-state index in [0.717, 1.165) is 22.6 Å². The van der Waals surface area contributed by atoms with Gasteiger partial charge in [-0.2, -0.15) is 0 Å². The summed E-state index contributed by atoms with van der Waals surface area (Å²) in [6, 6.07) is 4.33. The first-order chi connectivity index (χ1) is 10.1. The highest BCUT2D eigenvalue weighted by Gasteiger charge is 2.22. The highest BCUT2D eigenvalue weighted by atomic mass is 32.2. The molecule has 1 aliphatic heterocycles. The Labute approximate surface area is 128 Å². The third-order valence-corrected chi connectivity index (χ3v) is 4.67. The van der Waals surface area contributed by atoms with Crippen molar-refractivity contribution < 1.29 is 14.3 Å². The molecular formula is C15H21FN2O2S. The van der Waals surface area contributed by atoms with Crippen molar-refractivity contribution in [2.24, 2.45) is 5.92 Å². The predicted octanol–water partition coefficient (Wildman–Crippen LogP) is 2.68. The molecule has 116 valence electrons. The molecule has 6 heteroatoms. The third kappa shape index (κ3) is 4.61. The number of halogens is 1. The van der Waals surface area contributed by atoms with Crippen molar-refractivity contribution in [2.75, 3.05) is 18.9 Å². The Morgan fingerprint density at radius 1 is 1.57 bits per heavy atom. The van der Waals surface area contributed by atoms with Crippen LogP contribution in [0.25, 0.3) is 0 Å². The van der Waals surface area contributed by atoms with Crippen LogP contribution in [0.3, 0.4) is 0 Å². The lowest BCUT2D eigenvalue weighted by Gasteiger charge is -2.26. The molecule has 2 atom stereocenters. The van der Waals surface area contributed by atoms with Crippen molar-refractivity contribution in [3.8, 4) is 0 Å². The van der Waals surface area contributed by atoms with Gasteiger partial charge in [0.05, 0.1) is 6.04 Å². The normalized spacial score (nSPS) is 18.7. The van der Waals surface area contributed by atoms with E-state index in [-0.39, 0.29) is 30.4 Å². The molecule has 0 bridgehead atoms. The molecule has 1 heterocycles. The van der Waals surface area contributed by atoms with Gasteiger partial charge < -0.3 is 15.7 Å². The van der Waals surface area contributed by atoms with Crippen LogP contribution in [0.4, 0.5) is 9.18 Å². The summed E-state index contributed by atoms with van der Waals surface area (Å²) in [7, 11) is 0. The van der Waals surface area contributed by atoms with Crippen LogP contribution in [0.15, 0.2) is 23.1 Å². The molecule has 2 unspecified atom stereocenters. The number of amides is 2. The van der Waals surface area contributed by atoms with E-state index >= 15 is 0 Å². The molecule has 1 aromatic rings. The average molecular weight is 312 g/mol. The Morgan fingerprint density at radius 3 is 3.14 bits per heavy atom. The van der Waals surface area contributed by atoms with Gasteiger partial charge in [0.1, 0.15) is 5.82 Å². The smallest absolute Gasteiger partial charge is 0.315 e. The molecule has 1 aliphatic rings. The number of urea groups is 1. The van der Waals surface area contributed by atoms with Gasteiger partial charge in [-0.1, -0.05) is 6.92 Å². The van der Waals surface area contributed by atoms with Crippen LogP contribution in [-0.2, 0) is 0 Å². The molecule has 0 fully saturated rings. The number of aliphatic hydroxyl groups excluding tert-OH is 1. The third-order valence-electron chi connectivity index (χ3n) is 3.55. The van der Waals surface area contributed by atoms with Crippen LogP contribution >= 0.6 is 11.8 Å². The van der Waals surface area contributed by atoms with Gasteiger partial charge in [-0.05, 0) is 42.5 Å². The number of carbonyl (C=O) groups excluding carboxylic acids is 1. The summed E-state index contributed by atoms with van der Waals surface area (Å²) in [4.78, 5) is 13.0. The molecular weight excluding hydrogens is 291 g/mol. The summed E-state index contributed by atoms with van der Waals surface area (Å²) < 4.78 is 13.4. The number of aliphatic hydroxyl groups is 1. The first kappa shape index (κ1) is 16.1. The van der Waals surface area contributed by atoms with E-state index < -0.39 is 0 Å². The zero-order valence-corrected chi connectivity index (χ0v) is 12.9. The van der Waals surface area contributed by atoms with Crippen molar-refractivity contribution in [2.45, 2.75) is 30.7 Å². The quantitative estimate of drug-likeness (QED) is 0.783. The van der Waals surface area contributed by atoms with E-state index in [0.29, 0.717) is 13.0 Å². The Morgan fingerprint density at radius 2 is 2.38 bits per heavy atom. The van der Waals surface area contributed by atoms with Gasteiger partial charge in [0.25, 0.3) is 0 Å². The van der Waals surface area contributed by atoms with E-state index in [2.05, 4.69) is 10.6 Å². The van der Waals surface area contributed by atoms with Crippen molar-refractivity contribution in [1.82, 2.24) is 10.6 Å². The van der Waals surface area contributed by atoms with Gasteiger partial charge in [-0.3, -0.25) is 0 Å². The van der Waals surface area contributed by atoms with Crippen molar-refractivity contribution in [3.63, 3.8) is 0 Å². The topological polar surface area (TPSA) is 61.4 Å². The maximum Gasteiger partial charge on any atom is 0.315 e. The molecule has 21 heavy (non-hydrogen) atoms. The highest BCUT2D eigenvalue weighted by Crippen LogP contribution is 2.36. The van der Waals surface area contributed by atoms with E-state index in [1.54, 1.807) is 17.8 Å². The average Bonchev–Trinajstić information content (AvgIpc) is 2.46. The number of carbonyl (C=O) groups is 1. The number of hydrogen-bond acceptors (Lipinski definition) is 3. The number of hydrogen-bond donors (Lipinski definition) is 3. The number of thioether (sulfide) groups is 1. The lowest BCUT2D eigenvalue weighted by atomic mass is 10.0. The molecule has 2 amide bonds. The summed E-state index contributed by atoms with van der Waals surface area (Å²) >= 11 is 1.69. The van der Waals surface area contributed by atoms with Crippen molar-refractivity contribution >= 4 is 17.8 Å². The predicted molar refractivity (Wildman–Crippen MR) is 81.9 cm³/mol. The van der Waals surface area contributed by atoms with Gasteiger partial charge in [-0.25, -0.2) is 9.18 Å². The van der Waals surface area contributed by atoms with E-state index in [1.807, 2.05) is 6.92 Å². The van der Waals surface area contributed by atoms with Gasteiger partial charge in [0.2, 0.25) is 0 Å². The number of nitrogens with one attached hydrogen (secondary N) is 2. The Hall–Kier alpha value is -1.27. The lowest BCUT2D eigenvalue weighted by molar-refractivity contribution is 0.230. The maximum absolute atomic E-state index is 13.4. The molecule has 0 saturated heterocycles. The fourth-order valence-electron chi connectivity index (χ4n) is 2.31. The van der Waals surface area contributed by atoms with Crippen molar-refractivity contribution in [1.29, 1.82) is 0 Å². The SMILES string of the molecule is CC(CCO)CNC(=O)NC1CCSc2ccc(F)cc21. The Balaban J connectivity index is 1.92. The molecule has 1 aromatic carbocycles. The number of fused-ring (bicyclic) bond motifs is 1. The lowest BCUT2D eigenvalue weighted by Crippen LogP contribution is -2.40. The zero-order chi connectivity index (χ0) is 15.2. The molecule has 4 nitrogen and oxygen atoms in total. The molecule has 0 saturated carbocycles. The second-order valence-corrected chi connectivity index (χ2v) is 6.48. The molecule has 0 radical (unpaired) electrons. The summed E-state index contributed by atoms with van der Waals surface area (Å²) in [5.74, 6) is 0.859. The molecule has 2 rings (SSSR count). The minimum Gasteiger partial charge on any atom is -0.396 e. The fourth-order valence-corrected chi connectivity index (χ4v) is 3.42. The second kappa shape index (κ2) is 7.66. The Bertz CT molecular complexity index is 499. The summed E-state index contributed by atoms with van der Waals surface area (Å²) in [5.41, 5.74) is 0.852. The van der Waals surface area contributed by atoms with Gasteiger partial charge >= 0.3 is 6.03 Å². The second-order valence-electron chi connectivity index (χ2n) is 5.34. The fraction of sp³-hybridized carbons (Fsp3) is 0.533. The standard InChI is InChI=1S/C15H21FN2O2S/c1-10(4-6-19)9-17-15(20)18-13-5-7-21-14-3-2-11(16)8-12(13)14/h2-3,8,10,13,19H,4-7,9H2,1H3,(H2,17,18,20). The van der Waals surface area contributed by atoms with Gasteiger partial charge in [0, 0.05) is 23.8 Å². The highest BCUT2D eigenvalue weighted by molar-refractivity contribution is 7.99. The summed E-state index contributed by atoms with van der Waals surface area (Å²) in [6.07, 6.45) is 1.45. The van der Waals surface area contributed by atoms with Gasteiger partial charge in [-0.15, -0.1) is 11.8 Å². The monoisotopic (exact) mass is 312 g/mol. The van der Waals surface area contributed by atoms with Crippen LogP contribution in [0.2, 0.25) is 0 Å². The molecule has 3 N–H and O–H groups in total. The molecule has 0 aromatic heterocycles. The number of rotatable bonds is 5. The van der Waals surface area contributed by atoms with E-state index in [4.69, 9.17) is 5.11 Å². The maximum atomic E-state index is 13.4. The largest absolute Gasteiger partial charge is 0.396 e. The van der Waals surface area contributed by atoms with Gasteiger partial charge in [0.15, 0.2) is 0 Å². The minimum atomic E-state index is -0.278. The van der Waals surface area contributed by atoms with Crippen LogP contribution in [0.5, 0.6) is 0 Å². The van der Waals surface area contributed by atoms with Crippen LogP contribution in [-0.4, -0.2) is 30.0 Å². The zero-order valence-electron chi connectivity index (χ0n) is 12.1. The first-order valence-electron chi connectivity index (χ1n) is 7.17. The van der Waals surface area contributed by atoms with Crippen LogP contribution < -0.4 is 10.6 Å². The van der Waals surface area contributed by atoms with Crippen LogP contribution in [0.1, 0.15) is 31.4 Å². The molecule has 0 aliphatic carbocycles. The van der Waals surface area contributed by atoms with Crippen LogP contribution in [0, 0.1) is 11.7 Å². The van der Waals surface area contributed by atoms with E-state index in [9.17, 15) is 9.18 Å². The number of benzene rings is 1. The summed E-state index contributed by atoms with van der Waals surface area (Å²) in [6.45, 7) is 2.61. The first-order valence-corrected chi connectivity index (χ1v) is 8.16.